The molecule has 0 saturated carbocycles. The summed E-state index contributed by atoms with van der Waals surface area (Å²) in [5.41, 5.74) is 2.27. The molecule has 1 amide bonds. The van der Waals surface area contributed by atoms with E-state index in [1.165, 1.54) is 15.4 Å². The molecule has 0 aliphatic carbocycles. The van der Waals surface area contributed by atoms with Crippen LogP contribution in [0, 0.1) is 5.92 Å². The lowest BCUT2D eigenvalue weighted by Crippen LogP contribution is -2.29. The Morgan fingerprint density at radius 2 is 1.17 bits per heavy atom. The maximum absolute atomic E-state index is 13.4. The lowest BCUT2D eigenvalue weighted by atomic mass is 9.93. The van der Waals surface area contributed by atoms with Gasteiger partial charge in [-0.15, -0.1) is 23.5 Å². The number of anilines is 1. The van der Waals surface area contributed by atoms with Crippen LogP contribution in [-0.4, -0.2) is 17.5 Å². The van der Waals surface area contributed by atoms with E-state index < -0.39 is 0 Å². The summed E-state index contributed by atoms with van der Waals surface area (Å²) in [6.07, 6.45) is 3.46. The van der Waals surface area contributed by atoms with Crippen LogP contribution < -0.4 is 4.90 Å². The molecule has 1 unspecified atom stereocenters. The van der Waals surface area contributed by atoms with Crippen LogP contribution in [0.3, 0.4) is 0 Å². The predicted octanol–water partition coefficient (Wildman–Crippen LogP) is 8.59. The first-order valence-corrected chi connectivity index (χ1v) is 14.2. The smallest absolute Gasteiger partial charge is 0.226 e. The molecule has 4 rings (SSSR count). The van der Waals surface area contributed by atoms with E-state index in [2.05, 4.69) is 91.0 Å². The van der Waals surface area contributed by atoms with E-state index in [1.54, 1.807) is 4.90 Å². The fourth-order valence-electron chi connectivity index (χ4n) is 4.19. The van der Waals surface area contributed by atoms with Crippen molar-refractivity contribution < 1.29 is 4.79 Å². The van der Waals surface area contributed by atoms with Crippen LogP contribution >= 0.6 is 23.5 Å². The number of aryl methyl sites for hydroxylation is 1. The molecule has 0 bridgehead atoms. The molecular formula is C32H33NOS2. The van der Waals surface area contributed by atoms with Crippen molar-refractivity contribution >= 4 is 35.1 Å². The largest absolute Gasteiger partial charge is 0.315 e. The minimum atomic E-state index is 0.174. The van der Waals surface area contributed by atoms with Crippen LogP contribution in [0.4, 0.5) is 5.69 Å². The normalized spacial score (nSPS) is 11.8. The van der Waals surface area contributed by atoms with E-state index in [0.717, 1.165) is 24.9 Å². The Morgan fingerprint density at radius 3 is 1.69 bits per heavy atom. The molecule has 0 aliphatic rings. The number of benzene rings is 4. The van der Waals surface area contributed by atoms with Crippen molar-refractivity contribution in [3.8, 4) is 0 Å². The summed E-state index contributed by atoms with van der Waals surface area (Å²) in [5, 5.41) is 0. The van der Waals surface area contributed by atoms with Gasteiger partial charge in [0.2, 0.25) is 5.91 Å². The number of carbonyl (C=O) groups excluding carboxylic acids is 1. The van der Waals surface area contributed by atoms with Crippen LogP contribution in [-0.2, 0) is 11.2 Å². The summed E-state index contributed by atoms with van der Waals surface area (Å²) in [7, 11) is 1.89. The molecule has 36 heavy (non-hydrogen) atoms. The van der Waals surface area contributed by atoms with Crippen LogP contribution in [0.1, 0.15) is 24.8 Å². The molecule has 2 nitrogen and oxygen atoms in total. The fourth-order valence-corrected chi connectivity index (χ4v) is 7.02. The van der Waals surface area contributed by atoms with Gasteiger partial charge in [-0.1, -0.05) is 84.9 Å². The molecule has 184 valence electrons. The number of rotatable bonds is 12. The van der Waals surface area contributed by atoms with Crippen molar-refractivity contribution in [1.82, 2.24) is 0 Å². The molecular weight excluding hydrogens is 478 g/mol. The first-order valence-electron chi connectivity index (χ1n) is 12.5. The van der Waals surface area contributed by atoms with Gasteiger partial charge >= 0.3 is 0 Å². The topological polar surface area (TPSA) is 20.3 Å². The standard InChI is InChI=1S/C32H33NOS2/c1-33(28-16-8-3-9-17-28)31(34)24-27(23-22-26-14-6-2-7-15-26)25-32(35-29-18-10-4-11-19-29)36-30-20-12-5-13-21-30/h2-21,27,32H,22-25H2,1H3. The number of hydrogen-bond donors (Lipinski definition) is 0. The maximum atomic E-state index is 13.4. The Morgan fingerprint density at radius 1 is 0.694 bits per heavy atom. The SMILES string of the molecule is CN(C(=O)CC(CCc1ccccc1)CC(Sc1ccccc1)Sc1ccccc1)c1ccccc1. The predicted molar refractivity (Wildman–Crippen MR) is 156 cm³/mol. The molecule has 0 aliphatic heterocycles. The third-order valence-electron chi connectivity index (χ3n) is 6.21. The maximum Gasteiger partial charge on any atom is 0.226 e. The van der Waals surface area contributed by atoms with Gasteiger partial charge in [0.05, 0.1) is 4.58 Å². The first-order chi connectivity index (χ1) is 17.7. The second-order valence-electron chi connectivity index (χ2n) is 8.91. The van der Waals surface area contributed by atoms with Gasteiger partial charge in [-0.3, -0.25) is 4.79 Å². The molecule has 1 atom stereocenters. The van der Waals surface area contributed by atoms with E-state index in [4.69, 9.17) is 0 Å². The van der Waals surface area contributed by atoms with E-state index in [-0.39, 0.29) is 11.8 Å². The third kappa shape index (κ3) is 8.32. The fraction of sp³-hybridized carbons (Fsp3) is 0.219. The number of amides is 1. The van der Waals surface area contributed by atoms with Crippen molar-refractivity contribution in [2.45, 2.75) is 40.1 Å². The highest BCUT2D eigenvalue weighted by atomic mass is 32.2. The van der Waals surface area contributed by atoms with E-state index >= 15 is 0 Å². The van der Waals surface area contributed by atoms with Crippen LogP contribution in [0.5, 0.6) is 0 Å². The summed E-state index contributed by atoms with van der Waals surface area (Å²) < 4.78 is 0.311. The number of hydrogen-bond acceptors (Lipinski definition) is 3. The van der Waals surface area contributed by atoms with Gasteiger partial charge in [-0.25, -0.2) is 0 Å². The Kier molecular flexibility index (Phi) is 10.1. The molecule has 4 aromatic rings. The highest BCUT2D eigenvalue weighted by molar-refractivity contribution is 8.17. The minimum absolute atomic E-state index is 0.174. The van der Waals surface area contributed by atoms with Gasteiger partial charge in [-0.2, -0.15) is 0 Å². The van der Waals surface area contributed by atoms with Crippen molar-refractivity contribution in [1.29, 1.82) is 0 Å². The van der Waals surface area contributed by atoms with Crippen molar-refractivity contribution in [3.05, 3.63) is 127 Å². The molecule has 0 radical (unpaired) electrons. The van der Waals surface area contributed by atoms with Crippen LogP contribution in [0.25, 0.3) is 0 Å². The second-order valence-corrected chi connectivity index (χ2v) is 11.8. The zero-order valence-corrected chi connectivity index (χ0v) is 22.3. The lowest BCUT2D eigenvalue weighted by molar-refractivity contribution is -0.119. The van der Waals surface area contributed by atoms with E-state index in [1.807, 2.05) is 60.9 Å². The minimum Gasteiger partial charge on any atom is -0.315 e. The van der Waals surface area contributed by atoms with Crippen molar-refractivity contribution in [3.63, 3.8) is 0 Å². The Hall–Kier alpha value is -2.95. The number of thioether (sulfide) groups is 2. The Balaban J connectivity index is 1.51. The quantitative estimate of drug-likeness (QED) is 0.140. The first kappa shape index (κ1) is 26.1. The molecule has 0 saturated heterocycles. The third-order valence-corrected chi connectivity index (χ3v) is 8.79. The second kappa shape index (κ2) is 14.0. The highest BCUT2D eigenvalue weighted by Crippen LogP contribution is 2.40. The molecule has 0 heterocycles. The summed E-state index contributed by atoms with van der Waals surface area (Å²) >= 11 is 3.81. The van der Waals surface area contributed by atoms with Gasteiger partial charge < -0.3 is 4.90 Å². The van der Waals surface area contributed by atoms with Gasteiger partial charge in [-0.05, 0) is 67.1 Å². The average Bonchev–Trinajstić information content (AvgIpc) is 2.93. The van der Waals surface area contributed by atoms with Crippen LogP contribution in [0.2, 0.25) is 0 Å². The zero-order valence-electron chi connectivity index (χ0n) is 20.7. The van der Waals surface area contributed by atoms with E-state index in [0.29, 0.717) is 11.0 Å². The van der Waals surface area contributed by atoms with Gasteiger partial charge in [0.25, 0.3) is 0 Å². The monoisotopic (exact) mass is 511 g/mol. The highest BCUT2D eigenvalue weighted by Gasteiger charge is 2.23. The molecule has 4 heteroatoms. The lowest BCUT2D eigenvalue weighted by Gasteiger charge is -2.25. The van der Waals surface area contributed by atoms with Crippen molar-refractivity contribution in [2.24, 2.45) is 5.92 Å². The molecule has 0 N–H and O–H groups in total. The number of carbonyl (C=O) groups is 1. The van der Waals surface area contributed by atoms with Gasteiger partial charge in [0.1, 0.15) is 0 Å². The summed E-state index contributed by atoms with van der Waals surface area (Å²) in [6, 6.07) is 41.8. The number of nitrogens with zero attached hydrogens (tertiary/aromatic N) is 1. The van der Waals surface area contributed by atoms with Gasteiger partial charge in [0, 0.05) is 28.9 Å². The molecule has 0 fully saturated rings. The average molecular weight is 512 g/mol. The van der Waals surface area contributed by atoms with Gasteiger partial charge in [0.15, 0.2) is 0 Å². The van der Waals surface area contributed by atoms with E-state index in [9.17, 15) is 4.79 Å². The summed E-state index contributed by atoms with van der Waals surface area (Å²) in [5.74, 6) is 0.453. The zero-order chi connectivity index (χ0) is 25.0. The Bertz CT molecular complexity index is 1130. The summed E-state index contributed by atoms with van der Waals surface area (Å²) in [4.78, 5) is 17.7. The van der Waals surface area contributed by atoms with Crippen LogP contribution in [0.15, 0.2) is 131 Å². The number of para-hydroxylation sites is 1. The molecule has 4 aromatic carbocycles. The summed E-state index contributed by atoms with van der Waals surface area (Å²) in [6.45, 7) is 0. The Labute approximate surface area is 224 Å². The molecule has 0 spiro atoms. The van der Waals surface area contributed by atoms with Crippen molar-refractivity contribution in [2.75, 3.05) is 11.9 Å². The molecule has 0 aromatic heterocycles.